The van der Waals surface area contributed by atoms with E-state index >= 15 is 0 Å². The smallest absolute Gasteiger partial charge is 0.352 e. The van der Waals surface area contributed by atoms with Crippen molar-refractivity contribution in [3.63, 3.8) is 0 Å². The third-order valence-corrected chi connectivity index (χ3v) is 6.92. The van der Waals surface area contributed by atoms with Crippen LogP contribution in [0.5, 0.6) is 0 Å². The number of rotatable bonds is 5. The molecule has 3 atom stereocenters. The summed E-state index contributed by atoms with van der Waals surface area (Å²) in [6.45, 7) is 3.40. The van der Waals surface area contributed by atoms with Gasteiger partial charge in [-0.25, -0.2) is 9.78 Å². The second-order valence-electron chi connectivity index (χ2n) is 6.58. The highest BCUT2D eigenvalue weighted by molar-refractivity contribution is 8.01. The van der Waals surface area contributed by atoms with E-state index in [1.54, 1.807) is 6.92 Å². The van der Waals surface area contributed by atoms with Crippen molar-refractivity contribution in [2.24, 2.45) is 5.73 Å². The Balaban J connectivity index is 1.65. The summed E-state index contributed by atoms with van der Waals surface area (Å²) in [5, 5.41) is 24.1. The number of carbonyl (C=O) groups excluding carboxylic acids is 1. The molecule has 0 aliphatic carbocycles. The number of amides is 1. The van der Waals surface area contributed by atoms with Crippen LogP contribution < -0.4 is 5.73 Å². The van der Waals surface area contributed by atoms with Gasteiger partial charge >= 0.3 is 5.97 Å². The fraction of sp³-hybridized carbons (Fsp3) is 0.438. The van der Waals surface area contributed by atoms with Crippen LogP contribution in [0.3, 0.4) is 0 Å². The SMILES string of the molecule is Cc1cc(SCC2=C(C(=O)O)N3C(=O)C(N)[C@@H]3SC2)n2nc(C(C)O)nc2n1. The van der Waals surface area contributed by atoms with Gasteiger partial charge in [0.2, 0.25) is 5.91 Å². The van der Waals surface area contributed by atoms with Gasteiger partial charge in [-0.15, -0.1) is 28.6 Å². The Hall–Kier alpha value is -2.15. The molecular formula is C16H18N6O4S2. The van der Waals surface area contributed by atoms with Crippen molar-refractivity contribution < 1.29 is 19.8 Å². The van der Waals surface area contributed by atoms with E-state index in [0.29, 0.717) is 22.9 Å². The lowest BCUT2D eigenvalue weighted by molar-refractivity contribution is -0.147. The number of aliphatic hydroxyl groups excluding tert-OH is 1. The lowest BCUT2D eigenvalue weighted by Gasteiger charge is -2.48. The van der Waals surface area contributed by atoms with Crippen molar-refractivity contribution in [1.29, 1.82) is 0 Å². The number of carboxylic acid groups (broad SMARTS) is 1. The third kappa shape index (κ3) is 3.05. The van der Waals surface area contributed by atoms with E-state index in [2.05, 4.69) is 15.1 Å². The topological polar surface area (TPSA) is 147 Å². The van der Waals surface area contributed by atoms with Crippen LogP contribution in [-0.4, -0.2) is 69.5 Å². The Morgan fingerprint density at radius 3 is 2.93 bits per heavy atom. The average molecular weight is 422 g/mol. The molecule has 0 aromatic carbocycles. The molecule has 148 valence electrons. The molecule has 10 nitrogen and oxygen atoms in total. The van der Waals surface area contributed by atoms with Gasteiger partial charge in [-0.05, 0) is 25.5 Å². The number of carbonyl (C=O) groups is 2. The van der Waals surface area contributed by atoms with E-state index in [-0.39, 0.29) is 22.8 Å². The minimum atomic E-state index is -1.13. The highest BCUT2D eigenvalue weighted by Gasteiger charge is 2.51. The molecule has 2 aliphatic heterocycles. The van der Waals surface area contributed by atoms with Crippen molar-refractivity contribution in [1.82, 2.24) is 24.5 Å². The van der Waals surface area contributed by atoms with Gasteiger partial charge in [0, 0.05) is 17.2 Å². The quantitative estimate of drug-likeness (QED) is 0.346. The highest BCUT2D eigenvalue weighted by atomic mass is 32.2. The summed E-state index contributed by atoms with van der Waals surface area (Å²) < 4.78 is 1.53. The first-order chi connectivity index (χ1) is 13.3. The molecule has 2 aliphatic rings. The standard InChI is InChI=1S/C16H18N6O4S2/c1-6-3-9(22-16(18-6)19-12(20-22)7(2)23)27-4-8-5-28-14-10(17)13(24)21(14)11(8)15(25)26/h3,7,10,14,23H,4-5,17H2,1-2H3,(H,25,26)/t7?,10?,14-/m0/s1. The molecule has 4 N–H and O–H groups in total. The minimum Gasteiger partial charge on any atom is -0.477 e. The van der Waals surface area contributed by atoms with Gasteiger partial charge < -0.3 is 15.9 Å². The number of aromatic nitrogens is 4. The van der Waals surface area contributed by atoms with Crippen LogP contribution in [0, 0.1) is 6.92 Å². The summed E-state index contributed by atoms with van der Waals surface area (Å²) in [5.41, 5.74) is 7.18. The average Bonchev–Trinajstić information content (AvgIpc) is 3.08. The second kappa shape index (κ2) is 7.03. The summed E-state index contributed by atoms with van der Waals surface area (Å²) in [6, 6.07) is 1.17. The maximum absolute atomic E-state index is 12.0. The van der Waals surface area contributed by atoms with Gasteiger partial charge in [-0.2, -0.15) is 9.50 Å². The molecule has 0 radical (unpaired) electrons. The summed E-state index contributed by atoms with van der Waals surface area (Å²) in [7, 11) is 0. The maximum Gasteiger partial charge on any atom is 0.352 e. The number of aliphatic hydroxyl groups is 1. The summed E-state index contributed by atoms with van der Waals surface area (Å²) in [6.07, 6.45) is -0.825. The molecular weight excluding hydrogens is 404 g/mol. The third-order valence-electron chi connectivity index (χ3n) is 4.48. The van der Waals surface area contributed by atoms with E-state index in [1.165, 1.54) is 32.9 Å². The van der Waals surface area contributed by atoms with Crippen molar-refractivity contribution in [3.05, 3.63) is 28.9 Å². The van der Waals surface area contributed by atoms with Crippen LogP contribution in [0.2, 0.25) is 0 Å². The van der Waals surface area contributed by atoms with Gasteiger partial charge in [0.15, 0.2) is 5.82 Å². The van der Waals surface area contributed by atoms with Gasteiger partial charge in [-0.3, -0.25) is 9.69 Å². The van der Waals surface area contributed by atoms with E-state index < -0.39 is 18.1 Å². The molecule has 4 heterocycles. The van der Waals surface area contributed by atoms with Gasteiger partial charge in [0.1, 0.15) is 28.2 Å². The number of nitrogens with zero attached hydrogens (tertiary/aromatic N) is 5. The Kier molecular flexibility index (Phi) is 4.81. The van der Waals surface area contributed by atoms with Crippen LogP contribution in [0.1, 0.15) is 24.5 Å². The van der Waals surface area contributed by atoms with E-state index in [4.69, 9.17) is 5.73 Å². The zero-order valence-corrected chi connectivity index (χ0v) is 16.7. The number of hydrogen-bond donors (Lipinski definition) is 3. The normalized spacial score (nSPS) is 23.0. The molecule has 2 aromatic rings. The first kappa shape index (κ1) is 19.2. The Bertz CT molecular complexity index is 1020. The number of β-lactam (4-membered cyclic amide) rings is 1. The van der Waals surface area contributed by atoms with Gasteiger partial charge in [-0.1, -0.05) is 0 Å². The zero-order valence-electron chi connectivity index (χ0n) is 15.1. The minimum absolute atomic E-state index is 0.0215. The second-order valence-corrected chi connectivity index (χ2v) is 8.68. The first-order valence-electron chi connectivity index (χ1n) is 8.48. The summed E-state index contributed by atoms with van der Waals surface area (Å²) in [4.78, 5) is 33.7. The highest BCUT2D eigenvalue weighted by Crippen LogP contribution is 2.40. The first-order valence-corrected chi connectivity index (χ1v) is 10.5. The zero-order chi connectivity index (χ0) is 20.2. The van der Waals surface area contributed by atoms with Gasteiger partial charge in [0.05, 0.1) is 0 Å². The molecule has 2 unspecified atom stereocenters. The lowest BCUT2D eigenvalue weighted by Crippen LogP contribution is -2.68. The van der Waals surface area contributed by atoms with Crippen LogP contribution in [0.25, 0.3) is 5.78 Å². The maximum atomic E-state index is 12.0. The monoisotopic (exact) mass is 422 g/mol. The number of hydrogen-bond acceptors (Lipinski definition) is 9. The van der Waals surface area contributed by atoms with Crippen LogP contribution in [0.4, 0.5) is 0 Å². The Labute approximate surface area is 168 Å². The Morgan fingerprint density at radius 1 is 1.50 bits per heavy atom. The molecule has 1 fully saturated rings. The van der Waals surface area contributed by atoms with E-state index in [1.807, 2.05) is 13.0 Å². The number of nitrogens with two attached hydrogens (primary N) is 1. The predicted octanol–water partition coefficient (Wildman–Crippen LogP) is 0.159. The molecule has 1 amide bonds. The van der Waals surface area contributed by atoms with Crippen LogP contribution in [-0.2, 0) is 9.59 Å². The molecule has 0 bridgehead atoms. The number of carboxylic acids is 1. The van der Waals surface area contributed by atoms with E-state index in [0.717, 1.165) is 10.7 Å². The molecule has 0 saturated carbocycles. The number of aryl methyl sites for hydroxylation is 1. The van der Waals surface area contributed by atoms with E-state index in [9.17, 15) is 19.8 Å². The predicted molar refractivity (Wildman–Crippen MR) is 103 cm³/mol. The summed E-state index contributed by atoms with van der Waals surface area (Å²) >= 11 is 2.85. The largest absolute Gasteiger partial charge is 0.477 e. The summed E-state index contributed by atoms with van der Waals surface area (Å²) in [5.74, 6) is -0.0100. The van der Waals surface area contributed by atoms with Crippen LogP contribution in [0.15, 0.2) is 22.4 Å². The number of fused-ring (bicyclic) bond motifs is 2. The molecule has 4 rings (SSSR count). The fourth-order valence-electron chi connectivity index (χ4n) is 3.10. The Morgan fingerprint density at radius 2 is 2.25 bits per heavy atom. The van der Waals surface area contributed by atoms with Crippen molar-refractivity contribution in [2.45, 2.75) is 36.4 Å². The number of thioether (sulfide) groups is 2. The fourth-order valence-corrected chi connectivity index (χ4v) is 5.58. The molecule has 0 spiro atoms. The van der Waals surface area contributed by atoms with Crippen LogP contribution >= 0.6 is 23.5 Å². The molecule has 12 heteroatoms. The van der Waals surface area contributed by atoms with Crippen molar-refractivity contribution in [3.8, 4) is 0 Å². The molecule has 1 saturated heterocycles. The number of aliphatic carboxylic acids is 1. The van der Waals surface area contributed by atoms with Crippen molar-refractivity contribution >= 4 is 41.2 Å². The lowest BCUT2D eigenvalue weighted by atomic mass is 10.0. The van der Waals surface area contributed by atoms with Gasteiger partial charge in [0.25, 0.3) is 5.78 Å². The molecule has 2 aromatic heterocycles. The van der Waals surface area contributed by atoms with Crippen molar-refractivity contribution in [2.75, 3.05) is 11.5 Å². The molecule has 28 heavy (non-hydrogen) atoms.